The number of ether oxygens (including phenoxy) is 1. The molecule has 1 aromatic heterocycles. The molecule has 0 aliphatic heterocycles. The van der Waals surface area contributed by atoms with Crippen LogP contribution in [0.25, 0.3) is 22.8 Å². The van der Waals surface area contributed by atoms with Crippen molar-refractivity contribution in [1.82, 2.24) is 0 Å². The van der Waals surface area contributed by atoms with Crippen LogP contribution in [-0.4, -0.2) is 7.11 Å². The van der Waals surface area contributed by atoms with Crippen molar-refractivity contribution in [1.29, 1.82) is 0 Å². The van der Waals surface area contributed by atoms with Gasteiger partial charge in [-0.25, -0.2) is 0 Å². The van der Waals surface area contributed by atoms with E-state index in [-0.39, 0.29) is 0 Å². The maximum atomic E-state index is 6.42. The number of halogens is 2. The van der Waals surface area contributed by atoms with Crippen LogP contribution in [0.5, 0.6) is 5.75 Å². The van der Waals surface area contributed by atoms with Crippen LogP contribution < -0.4 is 4.74 Å². The van der Waals surface area contributed by atoms with E-state index in [9.17, 15) is 0 Å². The molecule has 1 aliphatic carbocycles. The Balaban J connectivity index is 1.90. The van der Waals surface area contributed by atoms with Crippen LogP contribution in [0.1, 0.15) is 35.1 Å². The molecular weight excluding hydrogens is 379 g/mol. The molecule has 2 aromatic carbocycles. The van der Waals surface area contributed by atoms with E-state index >= 15 is 0 Å². The SMILES string of the molecule is CCc1ccc2c(c1-c1cc(Cl)c(OC)c(Cl)c1)C=C(c1ccc(C)o1)C2. The van der Waals surface area contributed by atoms with Gasteiger partial charge in [0.25, 0.3) is 0 Å². The fourth-order valence-electron chi connectivity index (χ4n) is 3.76. The van der Waals surface area contributed by atoms with E-state index in [1.807, 2.05) is 31.2 Å². The zero-order valence-corrected chi connectivity index (χ0v) is 17.0. The highest BCUT2D eigenvalue weighted by Gasteiger charge is 2.22. The van der Waals surface area contributed by atoms with Crippen molar-refractivity contribution >= 4 is 34.9 Å². The van der Waals surface area contributed by atoms with Gasteiger partial charge in [0.1, 0.15) is 11.5 Å². The zero-order chi connectivity index (χ0) is 19.1. The topological polar surface area (TPSA) is 22.4 Å². The second-order valence-electron chi connectivity index (χ2n) is 6.76. The lowest BCUT2D eigenvalue weighted by Gasteiger charge is -2.15. The van der Waals surface area contributed by atoms with Gasteiger partial charge in [-0.05, 0) is 77.1 Å². The molecule has 0 saturated carbocycles. The highest BCUT2D eigenvalue weighted by atomic mass is 35.5. The van der Waals surface area contributed by atoms with Crippen molar-refractivity contribution in [2.24, 2.45) is 0 Å². The Bertz CT molecular complexity index is 1040. The van der Waals surface area contributed by atoms with Crippen LogP contribution in [0.15, 0.2) is 40.8 Å². The quantitative estimate of drug-likeness (QED) is 0.462. The summed E-state index contributed by atoms with van der Waals surface area (Å²) in [4.78, 5) is 0. The van der Waals surface area contributed by atoms with Crippen molar-refractivity contribution in [3.05, 3.63) is 74.7 Å². The molecule has 0 amide bonds. The highest BCUT2D eigenvalue weighted by molar-refractivity contribution is 6.37. The molecule has 1 aliphatic rings. The molecule has 0 spiro atoms. The van der Waals surface area contributed by atoms with Crippen LogP contribution in [0, 0.1) is 6.92 Å². The maximum Gasteiger partial charge on any atom is 0.156 e. The predicted octanol–water partition coefficient (Wildman–Crippen LogP) is 7.23. The number of benzene rings is 2. The van der Waals surface area contributed by atoms with Crippen molar-refractivity contribution < 1.29 is 9.15 Å². The zero-order valence-electron chi connectivity index (χ0n) is 15.5. The normalized spacial score (nSPS) is 12.9. The lowest BCUT2D eigenvalue weighted by Crippen LogP contribution is -1.95. The van der Waals surface area contributed by atoms with Crippen LogP contribution in [0.4, 0.5) is 0 Å². The van der Waals surface area contributed by atoms with Crippen LogP contribution >= 0.6 is 23.2 Å². The summed E-state index contributed by atoms with van der Waals surface area (Å²) in [7, 11) is 1.57. The summed E-state index contributed by atoms with van der Waals surface area (Å²) in [6.07, 6.45) is 4.01. The third-order valence-corrected chi connectivity index (χ3v) is 5.61. The summed E-state index contributed by atoms with van der Waals surface area (Å²) in [5.74, 6) is 2.36. The Morgan fingerprint density at radius 3 is 2.41 bits per heavy atom. The van der Waals surface area contributed by atoms with Crippen molar-refractivity contribution in [2.75, 3.05) is 7.11 Å². The van der Waals surface area contributed by atoms with Gasteiger partial charge in [-0.1, -0.05) is 42.3 Å². The summed E-state index contributed by atoms with van der Waals surface area (Å²) < 4.78 is 11.1. The number of rotatable bonds is 4. The van der Waals surface area contributed by atoms with Gasteiger partial charge in [0.2, 0.25) is 0 Å². The molecule has 0 fully saturated rings. The van der Waals surface area contributed by atoms with Crippen LogP contribution in [0.2, 0.25) is 10.0 Å². The van der Waals surface area contributed by atoms with Crippen LogP contribution in [0.3, 0.4) is 0 Å². The molecule has 0 bridgehead atoms. The van der Waals surface area contributed by atoms with Crippen molar-refractivity contribution in [3.63, 3.8) is 0 Å². The average molecular weight is 399 g/mol. The number of furan rings is 1. The molecule has 3 aromatic rings. The Labute approximate surface area is 169 Å². The average Bonchev–Trinajstić information content (AvgIpc) is 3.26. The van der Waals surface area contributed by atoms with E-state index in [0.29, 0.717) is 15.8 Å². The molecule has 0 unspecified atom stereocenters. The van der Waals surface area contributed by atoms with E-state index in [1.54, 1.807) is 7.11 Å². The highest BCUT2D eigenvalue weighted by Crippen LogP contribution is 2.43. The predicted molar refractivity (Wildman–Crippen MR) is 113 cm³/mol. The molecule has 0 saturated heterocycles. The third kappa shape index (κ3) is 3.18. The Hall–Kier alpha value is -2.16. The summed E-state index contributed by atoms with van der Waals surface area (Å²) >= 11 is 12.8. The third-order valence-electron chi connectivity index (χ3n) is 5.05. The first-order chi connectivity index (χ1) is 13.0. The summed E-state index contributed by atoms with van der Waals surface area (Å²) in [6.45, 7) is 4.13. The molecule has 4 heteroatoms. The first-order valence-corrected chi connectivity index (χ1v) is 9.73. The van der Waals surface area contributed by atoms with Gasteiger partial charge < -0.3 is 9.15 Å². The fourth-order valence-corrected chi connectivity index (χ4v) is 4.40. The second kappa shape index (κ2) is 7.10. The molecule has 2 nitrogen and oxygen atoms in total. The van der Waals surface area contributed by atoms with Gasteiger partial charge in [0.05, 0.1) is 17.2 Å². The molecule has 0 radical (unpaired) electrons. The van der Waals surface area contributed by atoms with E-state index in [4.69, 9.17) is 32.4 Å². The van der Waals surface area contributed by atoms with E-state index < -0.39 is 0 Å². The van der Waals surface area contributed by atoms with Gasteiger partial charge in [-0.15, -0.1) is 0 Å². The van der Waals surface area contributed by atoms with E-state index in [0.717, 1.165) is 29.9 Å². The summed E-state index contributed by atoms with van der Waals surface area (Å²) in [5, 5.41) is 1.03. The number of allylic oxidation sites excluding steroid dienone is 1. The number of aryl methyl sites for hydroxylation is 2. The lowest BCUT2D eigenvalue weighted by atomic mass is 9.91. The second-order valence-corrected chi connectivity index (χ2v) is 7.57. The van der Waals surface area contributed by atoms with Gasteiger partial charge in [0, 0.05) is 6.42 Å². The van der Waals surface area contributed by atoms with Crippen molar-refractivity contribution in [2.45, 2.75) is 26.7 Å². The molecule has 0 N–H and O–H groups in total. The number of fused-ring (bicyclic) bond motifs is 1. The molecule has 138 valence electrons. The maximum absolute atomic E-state index is 6.42. The molecule has 0 atom stereocenters. The van der Waals surface area contributed by atoms with Crippen molar-refractivity contribution in [3.8, 4) is 16.9 Å². The monoisotopic (exact) mass is 398 g/mol. The fraction of sp³-hybridized carbons (Fsp3) is 0.217. The Morgan fingerprint density at radius 1 is 1.07 bits per heavy atom. The van der Waals surface area contributed by atoms with Crippen LogP contribution in [-0.2, 0) is 12.8 Å². The minimum Gasteiger partial charge on any atom is -0.494 e. The Kier molecular flexibility index (Phi) is 4.79. The largest absolute Gasteiger partial charge is 0.494 e. The minimum atomic E-state index is 0.509. The van der Waals surface area contributed by atoms with Gasteiger partial charge >= 0.3 is 0 Å². The number of hydrogen-bond donors (Lipinski definition) is 0. The van der Waals surface area contributed by atoms with Gasteiger partial charge in [0.15, 0.2) is 5.75 Å². The van der Waals surface area contributed by atoms with Gasteiger partial charge in [-0.3, -0.25) is 0 Å². The molecule has 1 heterocycles. The summed E-state index contributed by atoms with van der Waals surface area (Å²) in [6, 6.07) is 12.3. The Morgan fingerprint density at radius 2 is 1.81 bits per heavy atom. The molecule has 27 heavy (non-hydrogen) atoms. The van der Waals surface area contributed by atoms with E-state index in [2.05, 4.69) is 25.1 Å². The molecule has 4 rings (SSSR count). The first kappa shape index (κ1) is 18.2. The number of hydrogen-bond acceptors (Lipinski definition) is 2. The first-order valence-electron chi connectivity index (χ1n) is 8.97. The smallest absolute Gasteiger partial charge is 0.156 e. The summed E-state index contributed by atoms with van der Waals surface area (Å²) in [5.41, 5.74) is 7.15. The standard InChI is InChI=1S/C23H20Cl2O2/c1-4-14-6-7-15-9-16(21-8-5-13(2)27-21)10-18(15)22(14)17-11-19(24)23(26-3)20(25)12-17/h5-8,10-12H,4,9H2,1-3H3. The molecular formula is C23H20Cl2O2. The number of methoxy groups -OCH3 is 1. The van der Waals surface area contributed by atoms with Gasteiger partial charge in [-0.2, -0.15) is 0 Å². The minimum absolute atomic E-state index is 0.509. The van der Waals surface area contributed by atoms with E-state index in [1.165, 1.54) is 27.8 Å². The lowest BCUT2D eigenvalue weighted by molar-refractivity contribution is 0.415.